The molecule has 1 fully saturated rings. The van der Waals surface area contributed by atoms with Crippen molar-refractivity contribution in [3.05, 3.63) is 83.7 Å². The number of hydrogen-bond donors (Lipinski definition) is 2. The van der Waals surface area contributed by atoms with Crippen molar-refractivity contribution in [3.8, 4) is 11.1 Å². The van der Waals surface area contributed by atoms with Crippen LogP contribution in [-0.4, -0.2) is 37.0 Å². The first-order chi connectivity index (χ1) is 15.4. The Bertz CT molecular complexity index is 1280. The van der Waals surface area contributed by atoms with E-state index in [-0.39, 0.29) is 29.3 Å². The average Bonchev–Trinajstić information content (AvgIpc) is 3.25. The lowest BCUT2D eigenvalue weighted by atomic mass is 9.82. The van der Waals surface area contributed by atoms with Crippen molar-refractivity contribution in [1.82, 2.24) is 4.31 Å². The third-order valence-corrected chi connectivity index (χ3v) is 8.48. The van der Waals surface area contributed by atoms with E-state index >= 15 is 0 Å². The van der Waals surface area contributed by atoms with Gasteiger partial charge in [0.25, 0.3) is 0 Å². The molecule has 5 nitrogen and oxygen atoms in total. The van der Waals surface area contributed by atoms with Gasteiger partial charge in [0.1, 0.15) is 5.82 Å². The summed E-state index contributed by atoms with van der Waals surface area (Å²) in [7, 11) is -3.74. The summed E-state index contributed by atoms with van der Waals surface area (Å²) in [6.45, 7) is 2.15. The molecule has 3 aromatic rings. The molecule has 3 atom stereocenters. The number of nitrogens with zero attached hydrogens (tertiary/aromatic N) is 1. The van der Waals surface area contributed by atoms with Crippen molar-refractivity contribution in [1.29, 1.82) is 0 Å². The van der Waals surface area contributed by atoms with Crippen LogP contribution in [0.3, 0.4) is 0 Å². The van der Waals surface area contributed by atoms with E-state index in [1.807, 2.05) is 31.2 Å². The Hall–Kier alpha value is -2.74. The molecule has 0 amide bonds. The molecule has 0 aromatic heterocycles. The van der Waals surface area contributed by atoms with Gasteiger partial charge in [-0.1, -0.05) is 36.4 Å². The van der Waals surface area contributed by atoms with Crippen molar-refractivity contribution in [3.63, 3.8) is 0 Å². The Morgan fingerprint density at radius 2 is 1.91 bits per heavy atom. The highest BCUT2D eigenvalue weighted by molar-refractivity contribution is 7.89. The van der Waals surface area contributed by atoms with E-state index in [1.54, 1.807) is 40.7 Å². The van der Waals surface area contributed by atoms with E-state index in [0.29, 0.717) is 24.1 Å². The third kappa shape index (κ3) is 3.41. The fraction of sp³-hybridized carbons (Fsp3) is 0.280. The Balaban J connectivity index is 1.63. The van der Waals surface area contributed by atoms with Crippen LogP contribution in [-0.2, 0) is 10.0 Å². The van der Waals surface area contributed by atoms with Crippen molar-refractivity contribution in [2.45, 2.75) is 30.3 Å². The van der Waals surface area contributed by atoms with Gasteiger partial charge in [0.15, 0.2) is 0 Å². The quantitative estimate of drug-likeness (QED) is 0.618. The maximum Gasteiger partial charge on any atom is 0.243 e. The minimum atomic E-state index is -3.74. The zero-order valence-electron chi connectivity index (χ0n) is 17.7. The van der Waals surface area contributed by atoms with Crippen LogP contribution in [0.1, 0.15) is 23.6 Å². The minimum absolute atomic E-state index is 0.0806. The number of sulfonamides is 1. The molecule has 7 heteroatoms. The predicted molar refractivity (Wildman–Crippen MR) is 122 cm³/mol. The molecule has 2 heterocycles. The number of aliphatic hydroxyl groups is 1. The summed E-state index contributed by atoms with van der Waals surface area (Å²) >= 11 is 0. The van der Waals surface area contributed by atoms with Crippen LogP contribution in [0.25, 0.3) is 11.1 Å². The molecule has 0 unspecified atom stereocenters. The van der Waals surface area contributed by atoms with Gasteiger partial charge in [-0.2, -0.15) is 4.31 Å². The second-order valence-electron chi connectivity index (χ2n) is 8.54. The van der Waals surface area contributed by atoms with Crippen LogP contribution in [0.15, 0.2) is 71.6 Å². The van der Waals surface area contributed by atoms with Gasteiger partial charge in [0.05, 0.1) is 23.6 Å². The molecular formula is C25H25FN2O3S. The average molecular weight is 453 g/mol. The number of anilines is 1. The summed E-state index contributed by atoms with van der Waals surface area (Å²) in [5.41, 5.74) is 3.64. The third-order valence-electron chi connectivity index (χ3n) is 6.60. The van der Waals surface area contributed by atoms with Gasteiger partial charge in [-0.05, 0) is 60.4 Å². The molecule has 3 aromatic carbocycles. The van der Waals surface area contributed by atoms with Gasteiger partial charge in [-0.15, -0.1) is 0 Å². The summed E-state index contributed by atoms with van der Waals surface area (Å²) in [6.07, 6.45) is 0.636. The van der Waals surface area contributed by atoms with Crippen molar-refractivity contribution >= 4 is 15.7 Å². The monoisotopic (exact) mass is 452 g/mol. The molecule has 5 rings (SSSR count). The summed E-state index contributed by atoms with van der Waals surface area (Å²) in [4.78, 5) is 0.268. The molecule has 0 spiro atoms. The van der Waals surface area contributed by atoms with E-state index in [1.165, 1.54) is 6.07 Å². The van der Waals surface area contributed by atoms with Gasteiger partial charge >= 0.3 is 0 Å². The SMILES string of the molecule is Cc1cccc(S(=O)(=O)N2CC[C@@H]3[C@@H](CO)Nc4ccc(-c5ccccc5F)cc4[C@@H]32)c1. The maximum atomic E-state index is 14.5. The number of hydrogen-bond acceptors (Lipinski definition) is 4. The lowest BCUT2D eigenvalue weighted by molar-refractivity contribution is 0.210. The van der Waals surface area contributed by atoms with Gasteiger partial charge < -0.3 is 10.4 Å². The molecule has 0 radical (unpaired) electrons. The van der Waals surface area contributed by atoms with Crippen LogP contribution < -0.4 is 5.32 Å². The molecule has 1 saturated heterocycles. The lowest BCUT2D eigenvalue weighted by Gasteiger charge is -2.39. The van der Waals surface area contributed by atoms with E-state index in [9.17, 15) is 17.9 Å². The van der Waals surface area contributed by atoms with Gasteiger partial charge in [-0.25, -0.2) is 12.8 Å². The van der Waals surface area contributed by atoms with Crippen LogP contribution in [0.5, 0.6) is 0 Å². The van der Waals surface area contributed by atoms with Crippen molar-refractivity contribution in [2.24, 2.45) is 5.92 Å². The highest BCUT2D eigenvalue weighted by atomic mass is 32.2. The summed E-state index contributed by atoms with van der Waals surface area (Å²) in [5.74, 6) is -0.403. The molecular weight excluding hydrogens is 427 g/mol. The molecule has 0 bridgehead atoms. The molecule has 0 aliphatic carbocycles. The minimum Gasteiger partial charge on any atom is -0.394 e. The Morgan fingerprint density at radius 3 is 2.66 bits per heavy atom. The summed E-state index contributed by atoms with van der Waals surface area (Å²) in [5, 5.41) is 13.4. The standard InChI is InChI=1S/C25H25FN2O3S/c1-16-5-4-6-18(13-16)32(30,31)28-12-11-20-24(15-29)27-23-10-9-17(14-21(23)25(20)28)19-7-2-3-8-22(19)26/h2-10,13-14,20,24-25,27,29H,11-12,15H2,1H3/t20-,24-,25-/m1/s1. The Labute approximate surface area is 187 Å². The topological polar surface area (TPSA) is 69.6 Å². The second-order valence-corrected chi connectivity index (χ2v) is 10.4. The fourth-order valence-electron chi connectivity index (χ4n) is 5.06. The number of nitrogens with one attached hydrogen (secondary N) is 1. The zero-order chi connectivity index (χ0) is 22.5. The molecule has 0 saturated carbocycles. The first kappa shape index (κ1) is 21.1. The fourth-order valence-corrected chi connectivity index (χ4v) is 6.84. The molecule has 32 heavy (non-hydrogen) atoms. The van der Waals surface area contributed by atoms with E-state index < -0.39 is 16.1 Å². The van der Waals surface area contributed by atoms with Crippen molar-refractivity contribution < 1.29 is 17.9 Å². The summed E-state index contributed by atoms with van der Waals surface area (Å²) in [6, 6.07) is 18.4. The zero-order valence-corrected chi connectivity index (χ0v) is 18.5. The number of halogens is 1. The number of aryl methyl sites for hydroxylation is 1. The second kappa shape index (κ2) is 7.99. The normalized spacial score (nSPS) is 22.8. The Kier molecular flexibility index (Phi) is 5.28. The lowest BCUT2D eigenvalue weighted by Crippen LogP contribution is -2.42. The number of fused-ring (bicyclic) bond motifs is 3. The predicted octanol–water partition coefficient (Wildman–Crippen LogP) is 4.34. The number of aliphatic hydroxyl groups excluding tert-OH is 1. The smallest absolute Gasteiger partial charge is 0.243 e. The first-order valence-corrected chi connectivity index (χ1v) is 12.2. The van der Waals surface area contributed by atoms with Gasteiger partial charge in [-0.3, -0.25) is 0 Å². The first-order valence-electron chi connectivity index (χ1n) is 10.7. The Morgan fingerprint density at radius 1 is 1.09 bits per heavy atom. The van der Waals surface area contributed by atoms with Crippen LogP contribution >= 0.6 is 0 Å². The highest BCUT2D eigenvalue weighted by Crippen LogP contribution is 2.49. The van der Waals surface area contributed by atoms with Gasteiger partial charge in [0.2, 0.25) is 10.0 Å². The van der Waals surface area contributed by atoms with Crippen LogP contribution in [0.4, 0.5) is 10.1 Å². The summed E-state index contributed by atoms with van der Waals surface area (Å²) < 4.78 is 43.3. The largest absolute Gasteiger partial charge is 0.394 e. The van der Waals surface area contributed by atoms with Crippen LogP contribution in [0.2, 0.25) is 0 Å². The maximum absolute atomic E-state index is 14.5. The van der Waals surface area contributed by atoms with E-state index in [2.05, 4.69) is 5.32 Å². The number of benzene rings is 3. The van der Waals surface area contributed by atoms with Crippen LogP contribution in [0, 0.1) is 18.7 Å². The molecule has 2 N–H and O–H groups in total. The molecule has 2 aliphatic rings. The number of rotatable bonds is 4. The highest BCUT2D eigenvalue weighted by Gasteiger charge is 2.48. The van der Waals surface area contributed by atoms with E-state index in [0.717, 1.165) is 16.8 Å². The van der Waals surface area contributed by atoms with E-state index in [4.69, 9.17) is 0 Å². The molecule has 166 valence electrons. The molecule has 2 aliphatic heterocycles. The van der Waals surface area contributed by atoms with Crippen molar-refractivity contribution in [2.75, 3.05) is 18.5 Å². The van der Waals surface area contributed by atoms with Gasteiger partial charge in [0, 0.05) is 23.7 Å².